The van der Waals surface area contributed by atoms with Gasteiger partial charge in [-0.1, -0.05) is 0 Å². The molecular weight excluding hydrogens is 281 g/mol. The number of thioether (sulfide) groups is 1. The fourth-order valence-electron chi connectivity index (χ4n) is 2.35. The molecule has 4 nitrogen and oxygen atoms in total. The second-order valence-electron chi connectivity index (χ2n) is 5.01. The van der Waals surface area contributed by atoms with Crippen LogP contribution in [0.25, 0.3) is 0 Å². The summed E-state index contributed by atoms with van der Waals surface area (Å²) in [5.41, 5.74) is -0.288. The molecule has 0 atom stereocenters. The Bertz CT molecular complexity index is 543. The van der Waals surface area contributed by atoms with Crippen LogP contribution >= 0.6 is 11.8 Å². The summed E-state index contributed by atoms with van der Waals surface area (Å²) in [6.07, 6.45) is 3.91. The smallest absolute Gasteiger partial charge is 0.305 e. The van der Waals surface area contributed by atoms with Crippen molar-refractivity contribution in [2.75, 3.05) is 6.26 Å². The SMILES string of the molecule is CSc1cc(C(=O)NC2(CC(=O)O)CCC2)ccc1F. The van der Waals surface area contributed by atoms with Crippen molar-refractivity contribution in [3.63, 3.8) is 0 Å². The zero-order chi connectivity index (χ0) is 14.8. The van der Waals surface area contributed by atoms with E-state index >= 15 is 0 Å². The number of halogens is 1. The van der Waals surface area contributed by atoms with Gasteiger partial charge in [-0.15, -0.1) is 11.8 Å². The molecule has 1 amide bonds. The monoisotopic (exact) mass is 297 g/mol. The van der Waals surface area contributed by atoms with Gasteiger partial charge in [-0.05, 0) is 43.7 Å². The highest BCUT2D eigenvalue weighted by Gasteiger charge is 2.40. The maximum atomic E-state index is 13.4. The number of carboxylic acid groups (broad SMARTS) is 1. The zero-order valence-electron chi connectivity index (χ0n) is 11.1. The Kier molecular flexibility index (Phi) is 4.32. The Labute approximate surface area is 120 Å². The lowest BCUT2D eigenvalue weighted by atomic mass is 9.74. The third kappa shape index (κ3) is 3.12. The van der Waals surface area contributed by atoms with Crippen LogP contribution in [0.4, 0.5) is 4.39 Å². The van der Waals surface area contributed by atoms with Crippen LogP contribution in [0.1, 0.15) is 36.0 Å². The summed E-state index contributed by atoms with van der Waals surface area (Å²) >= 11 is 1.23. The first-order valence-electron chi connectivity index (χ1n) is 6.34. The van der Waals surface area contributed by atoms with Crippen molar-refractivity contribution in [1.82, 2.24) is 5.32 Å². The summed E-state index contributed by atoms with van der Waals surface area (Å²) < 4.78 is 13.4. The van der Waals surface area contributed by atoms with Gasteiger partial charge in [0.25, 0.3) is 5.91 Å². The fourth-order valence-corrected chi connectivity index (χ4v) is 2.86. The maximum Gasteiger partial charge on any atom is 0.305 e. The van der Waals surface area contributed by atoms with Gasteiger partial charge in [0.1, 0.15) is 5.82 Å². The first-order chi connectivity index (χ1) is 9.46. The lowest BCUT2D eigenvalue weighted by Gasteiger charge is -2.41. The molecular formula is C14H16FNO3S. The van der Waals surface area contributed by atoms with Crippen LogP contribution in [0.2, 0.25) is 0 Å². The predicted molar refractivity (Wildman–Crippen MR) is 74.5 cm³/mol. The Morgan fingerprint density at radius 2 is 2.15 bits per heavy atom. The first-order valence-corrected chi connectivity index (χ1v) is 7.56. The molecule has 6 heteroatoms. The second-order valence-corrected chi connectivity index (χ2v) is 5.86. The molecule has 0 spiro atoms. The number of carboxylic acids is 1. The first kappa shape index (κ1) is 14.8. The number of rotatable bonds is 5. The average Bonchev–Trinajstić information content (AvgIpc) is 2.36. The summed E-state index contributed by atoms with van der Waals surface area (Å²) in [5.74, 6) is -1.63. The molecule has 1 aliphatic rings. The highest BCUT2D eigenvalue weighted by molar-refractivity contribution is 7.98. The van der Waals surface area contributed by atoms with Crippen molar-refractivity contribution in [1.29, 1.82) is 0 Å². The molecule has 2 N–H and O–H groups in total. The van der Waals surface area contributed by atoms with Crippen molar-refractivity contribution >= 4 is 23.6 Å². The highest BCUT2D eigenvalue weighted by Crippen LogP contribution is 2.35. The minimum absolute atomic E-state index is 0.0741. The lowest BCUT2D eigenvalue weighted by Crippen LogP contribution is -2.54. The number of carbonyl (C=O) groups is 2. The van der Waals surface area contributed by atoms with Gasteiger partial charge in [0, 0.05) is 10.5 Å². The maximum absolute atomic E-state index is 13.4. The topological polar surface area (TPSA) is 66.4 Å². The van der Waals surface area contributed by atoms with Crippen molar-refractivity contribution in [2.24, 2.45) is 0 Å². The Hall–Kier alpha value is -1.56. The Morgan fingerprint density at radius 3 is 2.65 bits per heavy atom. The number of hydrogen-bond donors (Lipinski definition) is 2. The van der Waals surface area contributed by atoms with E-state index in [1.807, 2.05) is 0 Å². The van der Waals surface area contributed by atoms with Crippen LogP contribution in [-0.4, -0.2) is 28.8 Å². The molecule has 0 bridgehead atoms. The molecule has 2 rings (SSSR count). The summed E-state index contributed by atoms with van der Waals surface area (Å²) in [6.45, 7) is 0. The molecule has 1 aromatic carbocycles. The molecule has 0 aromatic heterocycles. The highest BCUT2D eigenvalue weighted by atomic mass is 32.2. The molecule has 0 aliphatic heterocycles. The largest absolute Gasteiger partial charge is 0.481 e. The molecule has 0 saturated heterocycles. The minimum atomic E-state index is -0.922. The van der Waals surface area contributed by atoms with E-state index in [1.165, 1.54) is 30.0 Å². The van der Waals surface area contributed by atoms with Gasteiger partial charge in [-0.25, -0.2) is 4.39 Å². The minimum Gasteiger partial charge on any atom is -0.481 e. The van der Waals surface area contributed by atoms with Gasteiger partial charge in [0.2, 0.25) is 0 Å². The van der Waals surface area contributed by atoms with Crippen molar-refractivity contribution in [3.05, 3.63) is 29.6 Å². The van der Waals surface area contributed by atoms with Gasteiger partial charge in [0.15, 0.2) is 0 Å². The van der Waals surface area contributed by atoms with E-state index in [-0.39, 0.29) is 18.1 Å². The molecule has 0 radical (unpaired) electrons. The fraction of sp³-hybridized carbons (Fsp3) is 0.429. The van der Waals surface area contributed by atoms with E-state index in [2.05, 4.69) is 5.32 Å². The Morgan fingerprint density at radius 1 is 1.45 bits per heavy atom. The molecule has 1 aromatic rings. The molecule has 1 saturated carbocycles. The van der Waals surface area contributed by atoms with Gasteiger partial charge in [0.05, 0.1) is 12.0 Å². The molecule has 0 heterocycles. The van der Waals surface area contributed by atoms with E-state index in [1.54, 1.807) is 6.26 Å². The number of benzene rings is 1. The van der Waals surface area contributed by atoms with Gasteiger partial charge in [-0.3, -0.25) is 9.59 Å². The van der Waals surface area contributed by atoms with E-state index in [0.717, 1.165) is 6.42 Å². The number of nitrogens with one attached hydrogen (secondary N) is 1. The number of amides is 1. The van der Waals surface area contributed by atoms with E-state index in [9.17, 15) is 14.0 Å². The quantitative estimate of drug-likeness (QED) is 0.820. The third-order valence-corrected chi connectivity index (χ3v) is 4.34. The lowest BCUT2D eigenvalue weighted by molar-refractivity contribution is -0.139. The Balaban J connectivity index is 2.13. The summed E-state index contributed by atoms with van der Waals surface area (Å²) in [7, 11) is 0. The molecule has 1 aliphatic carbocycles. The third-order valence-electron chi connectivity index (χ3n) is 3.59. The van der Waals surface area contributed by atoms with Crippen LogP contribution in [0.15, 0.2) is 23.1 Å². The number of aliphatic carboxylic acids is 1. The van der Waals surface area contributed by atoms with Gasteiger partial charge in [-0.2, -0.15) is 0 Å². The van der Waals surface area contributed by atoms with Gasteiger partial charge < -0.3 is 10.4 Å². The van der Waals surface area contributed by atoms with E-state index < -0.39 is 11.5 Å². The van der Waals surface area contributed by atoms with Crippen LogP contribution < -0.4 is 5.32 Å². The van der Waals surface area contributed by atoms with E-state index in [0.29, 0.717) is 23.3 Å². The van der Waals surface area contributed by atoms with Crippen molar-refractivity contribution in [2.45, 2.75) is 36.1 Å². The number of hydrogen-bond acceptors (Lipinski definition) is 3. The summed E-state index contributed by atoms with van der Waals surface area (Å²) in [6, 6.07) is 4.16. The summed E-state index contributed by atoms with van der Waals surface area (Å²) in [5, 5.41) is 11.7. The normalized spacial score (nSPS) is 16.3. The molecule has 108 valence electrons. The molecule has 1 fully saturated rings. The van der Waals surface area contributed by atoms with Crippen molar-refractivity contribution in [3.8, 4) is 0 Å². The molecule has 20 heavy (non-hydrogen) atoms. The zero-order valence-corrected chi connectivity index (χ0v) is 11.9. The van der Waals surface area contributed by atoms with Crippen LogP contribution in [0.5, 0.6) is 0 Å². The number of carbonyl (C=O) groups excluding carboxylic acids is 1. The van der Waals surface area contributed by atoms with Gasteiger partial charge >= 0.3 is 5.97 Å². The predicted octanol–water partition coefficient (Wildman–Crippen LogP) is 2.67. The standard InChI is InChI=1S/C14H16FNO3S/c1-20-11-7-9(3-4-10(11)15)13(19)16-14(5-2-6-14)8-12(17)18/h3-4,7H,2,5-6,8H2,1H3,(H,16,19)(H,17,18). The summed E-state index contributed by atoms with van der Waals surface area (Å²) in [4.78, 5) is 23.4. The second kappa shape index (κ2) is 5.83. The van der Waals surface area contributed by atoms with Crippen molar-refractivity contribution < 1.29 is 19.1 Å². The van der Waals surface area contributed by atoms with Crippen LogP contribution in [-0.2, 0) is 4.79 Å². The van der Waals surface area contributed by atoms with E-state index in [4.69, 9.17) is 5.11 Å². The van der Waals surface area contributed by atoms with Crippen LogP contribution in [0, 0.1) is 5.82 Å². The molecule has 0 unspecified atom stereocenters. The average molecular weight is 297 g/mol. The van der Waals surface area contributed by atoms with Crippen LogP contribution in [0.3, 0.4) is 0 Å².